The van der Waals surface area contributed by atoms with Crippen LogP contribution in [-0.4, -0.2) is 46.4 Å². The van der Waals surface area contributed by atoms with Gasteiger partial charge in [0.1, 0.15) is 23.5 Å². The molecule has 136 valence electrons. The average Bonchev–Trinajstić information content (AvgIpc) is 3.11. The minimum absolute atomic E-state index is 0.211. The Morgan fingerprint density at radius 1 is 1.20 bits per heavy atom. The number of aryl methyl sites for hydroxylation is 2. The van der Waals surface area contributed by atoms with Gasteiger partial charge in [0.05, 0.1) is 6.54 Å². The van der Waals surface area contributed by atoms with Gasteiger partial charge in [-0.1, -0.05) is 6.07 Å². The van der Waals surface area contributed by atoms with Crippen LogP contribution >= 0.6 is 0 Å². The zero-order chi connectivity index (χ0) is 18.2. The Balaban J connectivity index is 1.69. The van der Waals surface area contributed by atoms with Crippen LogP contribution in [0.1, 0.15) is 44.7 Å². The van der Waals surface area contributed by atoms with Gasteiger partial charge in [-0.25, -0.2) is 9.59 Å². The van der Waals surface area contributed by atoms with Gasteiger partial charge in [-0.3, -0.25) is 4.90 Å². The van der Waals surface area contributed by atoms with Crippen molar-refractivity contribution in [2.24, 2.45) is 0 Å². The smallest absolute Gasteiger partial charge is 0.411 e. The van der Waals surface area contributed by atoms with Crippen molar-refractivity contribution < 1.29 is 24.2 Å². The van der Waals surface area contributed by atoms with E-state index in [-0.39, 0.29) is 19.1 Å². The second kappa shape index (κ2) is 6.58. The van der Waals surface area contributed by atoms with Crippen molar-refractivity contribution >= 4 is 12.1 Å². The molecule has 1 aromatic carbocycles. The highest BCUT2D eigenvalue weighted by Gasteiger charge is 2.42. The number of ether oxygens (including phenoxy) is 2. The highest BCUT2D eigenvalue weighted by molar-refractivity contribution is 5.81. The molecule has 1 aliphatic carbocycles. The van der Waals surface area contributed by atoms with Crippen LogP contribution < -0.4 is 4.74 Å². The molecule has 1 heterocycles. The number of aliphatic carboxylic acids is 1. The van der Waals surface area contributed by atoms with Crippen molar-refractivity contribution in [3.05, 3.63) is 29.3 Å². The molecule has 6 heteroatoms. The molecule has 0 unspecified atom stereocenters. The largest absolute Gasteiger partial charge is 0.488 e. The van der Waals surface area contributed by atoms with E-state index in [0.29, 0.717) is 0 Å². The van der Waals surface area contributed by atoms with Crippen molar-refractivity contribution in [1.82, 2.24) is 4.90 Å². The number of carboxylic acid groups (broad SMARTS) is 1. The van der Waals surface area contributed by atoms with Gasteiger partial charge in [-0.05, 0) is 63.3 Å². The predicted molar refractivity (Wildman–Crippen MR) is 91.9 cm³/mol. The molecule has 0 radical (unpaired) electrons. The summed E-state index contributed by atoms with van der Waals surface area (Å²) < 4.78 is 11.3. The fourth-order valence-electron chi connectivity index (χ4n) is 3.45. The van der Waals surface area contributed by atoms with Crippen LogP contribution in [0.3, 0.4) is 0 Å². The average molecular weight is 347 g/mol. The maximum atomic E-state index is 12.3. The van der Waals surface area contributed by atoms with Crippen LogP contribution in [0.15, 0.2) is 18.2 Å². The minimum atomic E-state index is -1.04. The Bertz CT molecular complexity index is 679. The highest BCUT2D eigenvalue weighted by Crippen LogP contribution is 2.29. The monoisotopic (exact) mass is 347 g/mol. The molecule has 1 aromatic rings. The topological polar surface area (TPSA) is 76.1 Å². The lowest BCUT2D eigenvalue weighted by atomic mass is 10.1. The van der Waals surface area contributed by atoms with Gasteiger partial charge in [0, 0.05) is 6.42 Å². The number of rotatable bonds is 3. The lowest BCUT2D eigenvalue weighted by molar-refractivity contribution is -0.142. The lowest BCUT2D eigenvalue weighted by Crippen LogP contribution is -2.43. The molecule has 1 fully saturated rings. The number of amides is 1. The molecule has 0 bridgehead atoms. The van der Waals surface area contributed by atoms with E-state index in [9.17, 15) is 14.7 Å². The zero-order valence-electron chi connectivity index (χ0n) is 14.9. The Hall–Kier alpha value is -2.24. The van der Waals surface area contributed by atoms with E-state index < -0.39 is 23.7 Å². The molecule has 0 saturated carbocycles. The second-order valence-electron chi connectivity index (χ2n) is 7.75. The van der Waals surface area contributed by atoms with E-state index in [0.717, 1.165) is 25.0 Å². The van der Waals surface area contributed by atoms with E-state index in [1.54, 1.807) is 20.8 Å². The molecule has 2 atom stereocenters. The first-order chi connectivity index (χ1) is 11.7. The molecule has 1 saturated heterocycles. The van der Waals surface area contributed by atoms with Crippen molar-refractivity contribution in [2.75, 3.05) is 6.54 Å². The summed E-state index contributed by atoms with van der Waals surface area (Å²) in [4.78, 5) is 25.1. The van der Waals surface area contributed by atoms with E-state index in [1.165, 1.54) is 16.0 Å². The molecule has 0 aromatic heterocycles. The first kappa shape index (κ1) is 17.6. The Morgan fingerprint density at radius 2 is 1.92 bits per heavy atom. The van der Waals surface area contributed by atoms with Crippen LogP contribution in [0.2, 0.25) is 0 Å². The van der Waals surface area contributed by atoms with Crippen molar-refractivity contribution in [3.63, 3.8) is 0 Å². The molecule has 3 rings (SSSR count). The maximum Gasteiger partial charge on any atom is 0.411 e. The Labute approximate surface area is 147 Å². The summed E-state index contributed by atoms with van der Waals surface area (Å²) in [5, 5.41) is 9.44. The number of hydrogen-bond acceptors (Lipinski definition) is 4. The fourth-order valence-corrected chi connectivity index (χ4v) is 3.45. The van der Waals surface area contributed by atoms with Crippen LogP contribution in [0, 0.1) is 0 Å². The van der Waals surface area contributed by atoms with Gasteiger partial charge in [0.25, 0.3) is 0 Å². The summed E-state index contributed by atoms with van der Waals surface area (Å²) in [6.45, 7) is 5.49. The van der Waals surface area contributed by atoms with E-state index >= 15 is 0 Å². The third-order valence-corrected chi connectivity index (χ3v) is 4.55. The third kappa shape index (κ3) is 4.06. The van der Waals surface area contributed by atoms with Gasteiger partial charge in [-0.15, -0.1) is 0 Å². The molecule has 6 nitrogen and oxygen atoms in total. The molecule has 1 N–H and O–H groups in total. The van der Waals surface area contributed by atoms with E-state index in [2.05, 4.69) is 6.07 Å². The number of carboxylic acids is 1. The lowest BCUT2D eigenvalue weighted by Gasteiger charge is -2.26. The summed E-state index contributed by atoms with van der Waals surface area (Å²) in [5.41, 5.74) is 1.99. The molecule has 2 aliphatic rings. The Morgan fingerprint density at radius 3 is 2.60 bits per heavy atom. The van der Waals surface area contributed by atoms with Crippen LogP contribution in [0.4, 0.5) is 4.79 Å². The molecule has 1 amide bonds. The first-order valence-electron chi connectivity index (χ1n) is 8.74. The second-order valence-corrected chi connectivity index (χ2v) is 7.75. The SMILES string of the molecule is CC(C)(C)OC(=O)N1C[C@@H](Oc2ccc3c(c2)CCC3)C[C@H]1C(=O)O. The maximum absolute atomic E-state index is 12.3. The number of carbonyl (C=O) groups is 2. The number of likely N-dealkylation sites (tertiary alicyclic amines) is 1. The van der Waals surface area contributed by atoms with Crippen molar-refractivity contribution in [1.29, 1.82) is 0 Å². The molecular weight excluding hydrogens is 322 g/mol. The zero-order valence-corrected chi connectivity index (χ0v) is 14.9. The normalized spacial score (nSPS) is 22.6. The molecule has 0 spiro atoms. The summed E-state index contributed by atoms with van der Waals surface area (Å²) in [6, 6.07) is 5.12. The number of hydrogen-bond donors (Lipinski definition) is 1. The quantitative estimate of drug-likeness (QED) is 0.909. The number of carbonyl (C=O) groups excluding carboxylic acids is 1. The van der Waals surface area contributed by atoms with Crippen LogP contribution in [0.25, 0.3) is 0 Å². The molecule has 1 aliphatic heterocycles. The van der Waals surface area contributed by atoms with Crippen LogP contribution in [0.5, 0.6) is 5.75 Å². The van der Waals surface area contributed by atoms with Gasteiger partial charge in [0.15, 0.2) is 0 Å². The van der Waals surface area contributed by atoms with E-state index in [4.69, 9.17) is 9.47 Å². The van der Waals surface area contributed by atoms with Gasteiger partial charge in [-0.2, -0.15) is 0 Å². The number of nitrogens with zero attached hydrogens (tertiary/aromatic N) is 1. The summed E-state index contributed by atoms with van der Waals surface area (Å²) >= 11 is 0. The fraction of sp³-hybridized carbons (Fsp3) is 0.579. The third-order valence-electron chi connectivity index (χ3n) is 4.55. The molecule has 25 heavy (non-hydrogen) atoms. The summed E-state index contributed by atoms with van der Waals surface area (Å²) in [7, 11) is 0. The van der Waals surface area contributed by atoms with Crippen molar-refractivity contribution in [2.45, 2.75) is 64.2 Å². The predicted octanol–water partition coefficient (Wildman–Crippen LogP) is 3.02. The minimum Gasteiger partial charge on any atom is -0.488 e. The van der Waals surface area contributed by atoms with Crippen LogP contribution in [-0.2, 0) is 22.4 Å². The van der Waals surface area contributed by atoms with E-state index in [1.807, 2.05) is 12.1 Å². The van der Waals surface area contributed by atoms with Crippen molar-refractivity contribution in [3.8, 4) is 5.75 Å². The summed E-state index contributed by atoms with van der Waals surface area (Å²) in [5.74, 6) is -0.299. The van der Waals surface area contributed by atoms with Gasteiger partial charge < -0.3 is 14.6 Å². The van der Waals surface area contributed by atoms with Gasteiger partial charge in [0.2, 0.25) is 0 Å². The first-order valence-corrected chi connectivity index (χ1v) is 8.74. The molecular formula is C19H25NO5. The number of benzene rings is 1. The Kier molecular flexibility index (Phi) is 4.62. The summed E-state index contributed by atoms with van der Waals surface area (Å²) in [6.07, 6.45) is 2.61. The standard InChI is InChI=1S/C19H25NO5/c1-19(2,3)25-18(23)20-11-15(10-16(20)17(21)22)24-14-8-7-12-5-4-6-13(12)9-14/h7-9,15-16H,4-6,10-11H2,1-3H3,(H,21,22)/t15-,16-/m0/s1. The number of fused-ring (bicyclic) bond motifs is 1. The highest BCUT2D eigenvalue weighted by atomic mass is 16.6. The van der Waals surface area contributed by atoms with Gasteiger partial charge >= 0.3 is 12.1 Å².